The number of unbranched alkanes of at least 4 members (excludes halogenated alkanes) is 31. The van der Waals surface area contributed by atoms with Crippen LogP contribution in [0.4, 0.5) is 0 Å². The average Bonchev–Trinajstić information content (AvgIpc) is 3.42. The zero-order valence-corrected chi connectivity index (χ0v) is 50.0. The average molecular weight is 1060 g/mol. The van der Waals surface area contributed by atoms with Crippen LogP contribution in [0.25, 0.3) is 0 Å². The van der Waals surface area contributed by atoms with Crippen molar-refractivity contribution in [3.8, 4) is 0 Å². The molecular weight excluding hydrogens is 937 g/mol. The van der Waals surface area contributed by atoms with E-state index in [9.17, 15) is 14.4 Å². The number of rotatable bonds is 58. The lowest BCUT2D eigenvalue weighted by molar-refractivity contribution is -0.167. The highest BCUT2D eigenvalue weighted by atomic mass is 16.6. The maximum absolute atomic E-state index is 12.8. The summed E-state index contributed by atoms with van der Waals surface area (Å²) in [4.78, 5) is 38.1. The third-order valence-electron chi connectivity index (χ3n) is 13.8. The summed E-state index contributed by atoms with van der Waals surface area (Å²) in [7, 11) is 0. The van der Waals surface area contributed by atoms with Crippen molar-refractivity contribution in [2.75, 3.05) is 13.2 Å². The second-order valence-corrected chi connectivity index (χ2v) is 21.3. The third kappa shape index (κ3) is 61.2. The molecule has 0 aliphatic carbocycles. The zero-order valence-electron chi connectivity index (χ0n) is 50.0. The summed E-state index contributed by atoms with van der Waals surface area (Å²) in [5.41, 5.74) is 0. The SMILES string of the molecule is CC/C=C\C/C=C\C/C=C\C/C=C\C/C=C\C/C=C\CCCCC(=O)OC(COC(=O)CCCCCCCCCC)COC(=O)CCCCCCCCCCCCCCCCCCC/C=C\C/C=C\CCCCCCC. The van der Waals surface area contributed by atoms with Gasteiger partial charge in [-0.2, -0.15) is 0 Å². The van der Waals surface area contributed by atoms with E-state index in [0.717, 1.165) is 96.3 Å². The quantitative estimate of drug-likeness (QED) is 0.0261. The Kier molecular flexibility index (Phi) is 60.8. The molecule has 0 N–H and O–H groups in total. The highest BCUT2D eigenvalue weighted by molar-refractivity contribution is 5.71. The van der Waals surface area contributed by atoms with Gasteiger partial charge in [0.05, 0.1) is 0 Å². The Morgan fingerprint density at radius 3 is 0.829 bits per heavy atom. The van der Waals surface area contributed by atoms with Crippen LogP contribution in [0.2, 0.25) is 0 Å². The molecule has 6 heteroatoms. The van der Waals surface area contributed by atoms with E-state index in [0.29, 0.717) is 19.3 Å². The molecule has 0 aromatic carbocycles. The number of ether oxygens (including phenoxy) is 3. The molecule has 0 saturated heterocycles. The maximum Gasteiger partial charge on any atom is 0.306 e. The Hall–Kier alpha value is -3.67. The molecule has 6 nitrogen and oxygen atoms in total. The molecule has 0 aliphatic rings. The lowest BCUT2D eigenvalue weighted by Gasteiger charge is -2.18. The molecule has 0 saturated carbocycles. The summed E-state index contributed by atoms with van der Waals surface area (Å²) in [5, 5.41) is 0. The van der Waals surface area contributed by atoms with Gasteiger partial charge in [-0.05, 0) is 103 Å². The van der Waals surface area contributed by atoms with E-state index in [4.69, 9.17) is 14.2 Å². The van der Waals surface area contributed by atoms with E-state index >= 15 is 0 Å². The predicted molar refractivity (Wildman–Crippen MR) is 330 cm³/mol. The highest BCUT2D eigenvalue weighted by Crippen LogP contribution is 2.16. The van der Waals surface area contributed by atoms with Crippen molar-refractivity contribution in [1.82, 2.24) is 0 Å². The lowest BCUT2D eigenvalue weighted by atomic mass is 10.0. The monoisotopic (exact) mass is 1060 g/mol. The van der Waals surface area contributed by atoms with Crippen molar-refractivity contribution < 1.29 is 28.6 Å². The molecular formula is C70H120O6. The van der Waals surface area contributed by atoms with Crippen molar-refractivity contribution >= 4 is 17.9 Å². The number of carbonyl (C=O) groups excluding carboxylic acids is 3. The molecule has 1 atom stereocenters. The van der Waals surface area contributed by atoms with Crippen molar-refractivity contribution in [3.63, 3.8) is 0 Å². The van der Waals surface area contributed by atoms with Gasteiger partial charge in [0.2, 0.25) is 0 Å². The van der Waals surface area contributed by atoms with Gasteiger partial charge in [0.1, 0.15) is 13.2 Å². The van der Waals surface area contributed by atoms with Crippen LogP contribution in [0.3, 0.4) is 0 Å². The van der Waals surface area contributed by atoms with Gasteiger partial charge >= 0.3 is 17.9 Å². The van der Waals surface area contributed by atoms with E-state index in [1.165, 1.54) is 167 Å². The van der Waals surface area contributed by atoms with Gasteiger partial charge in [0.25, 0.3) is 0 Å². The fraction of sp³-hybridized carbons (Fsp3) is 0.729. The van der Waals surface area contributed by atoms with Gasteiger partial charge in [-0.1, -0.05) is 285 Å². The van der Waals surface area contributed by atoms with E-state index < -0.39 is 6.10 Å². The Morgan fingerprint density at radius 2 is 0.513 bits per heavy atom. The summed E-state index contributed by atoms with van der Waals surface area (Å²) in [6, 6.07) is 0. The van der Waals surface area contributed by atoms with Crippen LogP contribution in [-0.2, 0) is 28.6 Å². The van der Waals surface area contributed by atoms with Gasteiger partial charge in [0.15, 0.2) is 6.10 Å². The van der Waals surface area contributed by atoms with Crippen molar-refractivity contribution in [3.05, 3.63) is 97.2 Å². The second-order valence-electron chi connectivity index (χ2n) is 21.3. The number of esters is 3. The largest absolute Gasteiger partial charge is 0.462 e. The molecule has 76 heavy (non-hydrogen) atoms. The first-order valence-electron chi connectivity index (χ1n) is 32.2. The molecule has 0 aromatic heterocycles. The minimum absolute atomic E-state index is 0.0928. The molecule has 0 fully saturated rings. The van der Waals surface area contributed by atoms with E-state index in [1.807, 2.05) is 0 Å². The van der Waals surface area contributed by atoms with Gasteiger partial charge in [-0.25, -0.2) is 0 Å². The van der Waals surface area contributed by atoms with Crippen molar-refractivity contribution in [2.24, 2.45) is 0 Å². The van der Waals surface area contributed by atoms with Crippen LogP contribution in [0.15, 0.2) is 97.2 Å². The number of hydrogen-bond acceptors (Lipinski definition) is 6. The molecule has 0 spiro atoms. The topological polar surface area (TPSA) is 78.9 Å². The normalized spacial score (nSPS) is 12.7. The molecule has 436 valence electrons. The fourth-order valence-electron chi connectivity index (χ4n) is 9.01. The number of hydrogen-bond donors (Lipinski definition) is 0. The van der Waals surface area contributed by atoms with E-state index in [-0.39, 0.29) is 37.5 Å². The summed E-state index contributed by atoms with van der Waals surface area (Å²) >= 11 is 0. The number of allylic oxidation sites excluding steroid dienone is 16. The maximum atomic E-state index is 12.8. The number of carbonyl (C=O) groups is 3. The summed E-state index contributed by atoms with van der Waals surface area (Å²) in [6.45, 7) is 6.47. The van der Waals surface area contributed by atoms with Crippen LogP contribution in [0.1, 0.15) is 310 Å². The Bertz CT molecular complexity index is 1490. The minimum atomic E-state index is -0.798. The molecule has 0 aliphatic heterocycles. The summed E-state index contributed by atoms with van der Waals surface area (Å²) in [5.74, 6) is -0.933. The van der Waals surface area contributed by atoms with E-state index in [2.05, 4.69) is 118 Å². The second kappa shape index (κ2) is 63.9. The first-order valence-corrected chi connectivity index (χ1v) is 32.2. The molecule has 0 aromatic rings. The molecule has 0 heterocycles. The standard InChI is InChI=1S/C70H120O6/c1-4-7-10-13-16-19-21-23-25-27-29-31-32-33-34-35-36-37-38-40-41-43-45-47-49-51-54-57-60-63-69(72)75-66-67(65-74-68(71)62-59-56-53-18-15-12-9-6-3)76-70(73)64-61-58-55-52-50-48-46-44-42-39-30-28-26-24-22-20-17-14-11-8-5-2/h8,11,17,20-21,23-24,26-27,29-30,39,44,46,50,52,67H,4-7,9-10,12-16,18-19,22,25,28,31-38,40-43,45,47-49,51,53-66H2,1-3H3/b11-8-,20-17-,23-21-,26-24-,29-27-,39-30-,46-44-,52-50-. The predicted octanol–water partition coefficient (Wildman–Crippen LogP) is 22.0. The molecule has 0 bridgehead atoms. The Balaban J connectivity index is 4.19. The van der Waals surface area contributed by atoms with Crippen molar-refractivity contribution in [1.29, 1.82) is 0 Å². The van der Waals surface area contributed by atoms with Crippen LogP contribution >= 0.6 is 0 Å². The highest BCUT2D eigenvalue weighted by Gasteiger charge is 2.19. The molecule has 1 unspecified atom stereocenters. The Morgan fingerprint density at radius 1 is 0.276 bits per heavy atom. The molecule has 0 radical (unpaired) electrons. The molecule has 0 amide bonds. The smallest absolute Gasteiger partial charge is 0.306 e. The minimum Gasteiger partial charge on any atom is -0.462 e. The third-order valence-corrected chi connectivity index (χ3v) is 13.8. The van der Waals surface area contributed by atoms with Crippen LogP contribution in [0.5, 0.6) is 0 Å². The lowest BCUT2D eigenvalue weighted by Crippen LogP contribution is -2.30. The van der Waals surface area contributed by atoms with Gasteiger partial charge in [-0.15, -0.1) is 0 Å². The Labute approximate surface area is 470 Å². The zero-order chi connectivity index (χ0) is 55.0. The fourth-order valence-corrected chi connectivity index (χ4v) is 9.01. The van der Waals surface area contributed by atoms with Crippen molar-refractivity contribution in [2.45, 2.75) is 316 Å². The summed E-state index contributed by atoms with van der Waals surface area (Å²) < 4.78 is 16.8. The van der Waals surface area contributed by atoms with E-state index in [1.54, 1.807) is 0 Å². The van der Waals surface area contributed by atoms with Crippen LogP contribution < -0.4 is 0 Å². The van der Waals surface area contributed by atoms with Gasteiger partial charge in [-0.3, -0.25) is 14.4 Å². The summed E-state index contributed by atoms with van der Waals surface area (Å²) in [6.07, 6.45) is 85.9. The first-order chi connectivity index (χ1) is 37.5. The molecule has 0 rings (SSSR count). The van der Waals surface area contributed by atoms with Crippen LogP contribution in [-0.4, -0.2) is 37.2 Å². The first kappa shape index (κ1) is 72.3. The van der Waals surface area contributed by atoms with Crippen LogP contribution in [0, 0.1) is 0 Å². The van der Waals surface area contributed by atoms with Gasteiger partial charge in [0, 0.05) is 19.3 Å². The van der Waals surface area contributed by atoms with Gasteiger partial charge < -0.3 is 14.2 Å².